The maximum Gasteiger partial charge on any atom is 0.410 e. The molecule has 0 heterocycles. The second kappa shape index (κ2) is 13.6. The Morgan fingerprint density at radius 1 is 0.821 bits per heavy atom. The molecule has 4 N–H and O–H groups in total. The second-order valence-corrected chi connectivity index (χ2v) is 8.85. The number of nitrogens with two attached hydrogens (primary N) is 1. The van der Waals surface area contributed by atoms with Gasteiger partial charge in [0.05, 0.1) is 0 Å². The highest BCUT2D eigenvalue weighted by atomic mass is 16.6. The van der Waals surface area contributed by atoms with Crippen LogP contribution in [0.1, 0.15) is 67.2 Å². The second-order valence-electron chi connectivity index (χ2n) is 8.85. The molecule has 8 heteroatoms. The Morgan fingerprint density at radius 2 is 1.39 bits per heavy atom. The number of carbonyl (C=O) groups is 2. The van der Waals surface area contributed by atoms with E-state index in [1.54, 1.807) is 4.90 Å². The van der Waals surface area contributed by atoms with E-state index in [4.69, 9.17) is 15.2 Å². The molecule has 0 unspecified atom stereocenters. The maximum atomic E-state index is 12.2. The van der Waals surface area contributed by atoms with Crippen molar-refractivity contribution in [3.63, 3.8) is 0 Å². The van der Waals surface area contributed by atoms with E-state index in [1.165, 1.54) is 0 Å². The summed E-state index contributed by atoms with van der Waals surface area (Å²) in [4.78, 5) is 25.5. The molecule has 8 nitrogen and oxygen atoms in total. The molecular weight excluding hydrogens is 360 g/mol. The number of unbranched alkanes of at least 4 members (excludes halogenated alkanes) is 1. The largest absolute Gasteiger partial charge is 0.444 e. The van der Waals surface area contributed by atoms with Crippen LogP contribution in [0.25, 0.3) is 0 Å². The summed E-state index contributed by atoms with van der Waals surface area (Å²) in [5.74, 6) is 0. The first-order valence-electron chi connectivity index (χ1n) is 10.3. The molecule has 0 aromatic rings. The monoisotopic (exact) mass is 402 g/mol. The number of rotatable bonds is 12. The quantitative estimate of drug-likeness (QED) is 0.434. The standard InChI is InChI=1S/C20H42N4O4/c1-19(2,3)27-17(25)23-14-10-13-22-12-7-8-15-24(16-9-11-21)18(26)28-20(4,5)6/h22H,7-16,21H2,1-6H3,(H,23,25). The molecular formula is C20H42N4O4. The molecule has 0 aromatic heterocycles. The molecule has 0 saturated carbocycles. The summed E-state index contributed by atoms with van der Waals surface area (Å²) in [5, 5.41) is 6.08. The zero-order valence-corrected chi connectivity index (χ0v) is 18.7. The van der Waals surface area contributed by atoms with Crippen LogP contribution in [0.15, 0.2) is 0 Å². The molecule has 0 atom stereocenters. The van der Waals surface area contributed by atoms with Gasteiger partial charge in [-0.2, -0.15) is 0 Å². The number of amides is 2. The van der Waals surface area contributed by atoms with Crippen molar-refractivity contribution in [2.75, 3.05) is 39.3 Å². The van der Waals surface area contributed by atoms with Crippen LogP contribution < -0.4 is 16.4 Å². The number of carbonyl (C=O) groups excluding carboxylic acids is 2. The van der Waals surface area contributed by atoms with Gasteiger partial charge in [0.1, 0.15) is 11.2 Å². The van der Waals surface area contributed by atoms with E-state index in [-0.39, 0.29) is 12.2 Å². The highest BCUT2D eigenvalue weighted by Gasteiger charge is 2.21. The predicted octanol–water partition coefficient (Wildman–Crippen LogP) is 2.86. The highest BCUT2D eigenvalue weighted by molar-refractivity contribution is 5.68. The van der Waals surface area contributed by atoms with Gasteiger partial charge < -0.3 is 30.7 Å². The van der Waals surface area contributed by atoms with Crippen molar-refractivity contribution in [3.8, 4) is 0 Å². The normalized spacial score (nSPS) is 11.8. The molecule has 28 heavy (non-hydrogen) atoms. The van der Waals surface area contributed by atoms with Gasteiger partial charge in [-0.05, 0) is 86.9 Å². The number of hydrogen-bond acceptors (Lipinski definition) is 6. The summed E-state index contributed by atoms with van der Waals surface area (Å²) < 4.78 is 10.6. The van der Waals surface area contributed by atoms with Crippen LogP contribution >= 0.6 is 0 Å². The lowest BCUT2D eigenvalue weighted by Gasteiger charge is -2.27. The molecule has 0 bridgehead atoms. The van der Waals surface area contributed by atoms with Gasteiger partial charge >= 0.3 is 12.2 Å². The topological polar surface area (TPSA) is 106 Å². The molecule has 0 radical (unpaired) electrons. The molecule has 0 aliphatic carbocycles. The lowest BCUT2D eigenvalue weighted by Crippen LogP contribution is -2.38. The van der Waals surface area contributed by atoms with Crippen LogP contribution in [0, 0.1) is 0 Å². The fourth-order valence-corrected chi connectivity index (χ4v) is 2.30. The van der Waals surface area contributed by atoms with E-state index in [2.05, 4.69) is 10.6 Å². The molecule has 0 spiro atoms. The predicted molar refractivity (Wildman–Crippen MR) is 112 cm³/mol. The van der Waals surface area contributed by atoms with E-state index < -0.39 is 11.2 Å². The van der Waals surface area contributed by atoms with Gasteiger partial charge in [-0.1, -0.05) is 0 Å². The van der Waals surface area contributed by atoms with E-state index in [0.29, 0.717) is 26.2 Å². The first kappa shape index (κ1) is 26.5. The molecule has 0 aliphatic rings. The van der Waals surface area contributed by atoms with Gasteiger partial charge in [-0.25, -0.2) is 9.59 Å². The van der Waals surface area contributed by atoms with Crippen LogP contribution in [-0.2, 0) is 9.47 Å². The third-order valence-electron chi connectivity index (χ3n) is 3.51. The molecule has 2 amide bonds. The molecule has 0 aromatic carbocycles. The van der Waals surface area contributed by atoms with Gasteiger partial charge in [-0.3, -0.25) is 0 Å². The smallest absolute Gasteiger partial charge is 0.410 e. The number of alkyl carbamates (subject to hydrolysis) is 1. The van der Waals surface area contributed by atoms with Crippen LogP contribution in [0.5, 0.6) is 0 Å². The van der Waals surface area contributed by atoms with Gasteiger partial charge in [0.15, 0.2) is 0 Å². The van der Waals surface area contributed by atoms with Gasteiger partial charge in [-0.15, -0.1) is 0 Å². The van der Waals surface area contributed by atoms with Crippen LogP contribution in [-0.4, -0.2) is 67.6 Å². The Morgan fingerprint density at radius 3 is 1.96 bits per heavy atom. The van der Waals surface area contributed by atoms with Crippen molar-refractivity contribution in [2.24, 2.45) is 5.73 Å². The van der Waals surface area contributed by atoms with E-state index in [1.807, 2.05) is 41.5 Å². The number of hydrogen-bond donors (Lipinski definition) is 3. The lowest BCUT2D eigenvalue weighted by atomic mass is 10.2. The zero-order valence-electron chi connectivity index (χ0n) is 18.7. The third-order valence-corrected chi connectivity index (χ3v) is 3.51. The Hall–Kier alpha value is -1.54. The Kier molecular flexibility index (Phi) is 12.9. The molecule has 0 rings (SSSR count). The minimum Gasteiger partial charge on any atom is -0.444 e. The van der Waals surface area contributed by atoms with Crippen LogP contribution in [0.3, 0.4) is 0 Å². The zero-order chi connectivity index (χ0) is 21.6. The average Bonchev–Trinajstić information content (AvgIpc) is 2.52. The van der Waals surface area contributed by atoms with Crippen molar-refractivity contribution in [2.45, 2.75) is 78.4 Å². The number of nitrogens with zero attached hydrogens (tertiary/aromatic N) is 1. The van der Waals surface area contributed by atoms with Crippen molar-refractivity contribution in [3.05, 3.63) is 0 Å². The van der Waals surface area contributed by atoms with Gasteiger partial charge in [0, 0.05) is 19.6 Å². The summed E-state index contributed by atoms with van der Waals surface area (Å²) in [6.07, 6.45) is 2.80. The summed E-state index contributed by atoms with van der Waals surface area (Å²) in [5.41, 5.74) is 4.60. The first-order valence-corrected chi connectivity index (χ1v) is 10.3. The van der Waals surface area contributed by atoms with Crippen molar-refractivity contribution in [1.82, 2.24) is 15.5 Å². The third kappa shape index (κ3) is 16.6. The van der Waals surface area contributed by atoms with E-state index >= 15 is 0 Å². The molecule has 0 aliphatic heterocycles. The highest BCUT2D eigenvalue weighted by Crippen LogP contribution is 2.11. The number of ether oxygens (including phenoxy) is 2. The van der Waals surface area contributed by atoms with Gasteiger partial charge in [0.2, 0.25) is 0 Å². The van der Waals surface area contributed by atoms with Crippen molar-refractivity contribution in [1.29, 1.82) is 0 Å². The van der Waals surface area contributed by atoms with E-state index in [9.17, 15) is 9.59 Å². The maximum absolute atomic E-state index is 12.2. The summed E-state index contributed by atoms with van der Waals surface area (Å²) in [6, 6.07) is 0. The number of nitrogens with one attached hydrogen (secondary N) is 2. The van der Waals surface area contributed by atoms with Crippen molar-refractivity contribution >= 4 is 12.2 Å². The summed E-state index contributed by atoms with van der Waals surface area (Å²) in [6.45, 7) is 15.2. The van der Waals surface area contributed by atoms with E-state index in [0.717, 1.165) is 38.8 Å². The van der Waals surface area contributed by atoms with Crippen LogP contribution in [0.2, 0.25) is 0 Å². The molecule has 0 saturated heterocycles. The fourth-order valence-electron chi connectivity index (χ4n) is 2.30. The first-order chi connectivity index (χ1) is 12.9. The summed E-state index contributed by atoms with van der Waals surface area (Å²) >= 11 is 0. The summed E-state index contributed by atoms with van der Waals surface area (Å²) in [7, 11) is 0. The minimum absolute atomic E-state index is 0.276. The van der Waals surface area contributed by atoms with Gasteiger partial charge in [0.25, 0.3) is 0 Å². The molecule has 0 fully saturated rings. The minimum atomic E-state index is -0.493. The Balaban J connectivity index is 3.84. The van der Waals surface area contributed by atoms with Crippen molar-refractivity contribution < 1.29 is 19.1 Å². The lowest BCUT2D eigenvalue weighted by molar-refractivity contribution is 0.0245. The van der Waals surface area contributed by atoms with Crippen LogP contribution in [0.4, 0.5) is 9.59 Å². The molecule has 166 valence electrons. The average molecular weight is 403 g/mol. The Bertz CT molecular complexity index is 444. The fraction of sp³-hybridized carbons (Fsp3) is 0.900. The SMILES string of the molecule is CC(C)(C)OC(=O)NCCCNCCCCN(CCCN)C(=O)OC(C)(C)C. The Labute approximate surface area is 170 Å².